The van der Waals surface area contributed by atoms with Crippen LogP contribution >= 0.6 is 11.8 Å². The van der Waals surface area contributed by atoms with E-state index in [1.165, 1.54) is 18.0 Å². The van der Waals surface area contributed by atoms with Crippen molar-refractivity contribution in [2.75, 3.05) is 12.0 Å². The molecule has 114 valence electrons. The highest BCUT2D eigenvalue weighted by molar-refractivity contribution is 7.98. The quantitative estimate of drug-likeness (QED) is 0.431. The van der Waals surface area contributed by atoms with Crippen molar-refractivity contribution in [3.63, 3.8) is 0 Å². The first kappa shape index (κ1) is 13.8. The van der Waals surface area contributed by atoms with Crippen LogP contribution in [0.3, 0.4) is 0 Å². The van der Waals surface area contributed by atoms with Gasteiger partial charge in [-0.25, -0.2) is 19.9 Å². The SMILES string of the molecule is CSc1nccc(-c2c3c(O)ccnc3n3c(N)nccc23)n1. The molecule has 23 heavy (non-hydrogen) atoms. The fourth-order valence-electron chi connectivity index (χ4n) is 2.67. The van der Waals surface area contributed by atoms with Crippen LogP contribution in [0.2, 0.25) is 0 Å². The lowest BCUT2D eigenvalue weighted by atomic mass is 10.1. The topological polar surface area (TPSA) is 102 Å². The summed E-state index contributed by atoms with van der Waals surface area (Å²) in [6.45, 7) is 0. The third-order valence-electron chi connectivity index (χ3n) is 3.61. The number of pyridine rings is 1. The molecular weight excluding hydrogens is 312 g/mol. The first-order chi connectivity index (χ1) is 11.2. The summed E-state index contributed by atoms with van der Waals surface area (Å²) < 4.78 is 1.71. The Morgan fingerprint density at radius 1 is 1.09 bits per heavy atom. The molecule has 4 aromatic heterocycles. The summed E-state index contributed by atoms with van der Waals surface area (Å²) >= 11 is 1.45. The van der Waals surface area contributed by atoms with Crippen LogP contribution in [0.25, 0.3) is 27.8 Å². The van der Waals surface area contributed by atoms with Crippen LogP contribution in [0.15, 0.2) is 41.9 Å². The molecule has 0 aromatic carbocycles. The summed E-state index contributed by atoms with van der Waals surface area (Å²) in [5.41, 5.74) is 8.81. The molecule has 0 amide bonds. The van der Waals surface area contributed by atoms with Gasteiger partial charge in [-0.1, -0.05) is 11.8 Å². The second-order valence-electron chi connectivity index (χ2n) is 4.86. The molecule has 0 saturated heterocycles. The molecule has 0 fully saturated rings. The molecule has 8 heteroatoms. The lowest BCUT2D eigenvalue weighted by Gasteiger charge is -2.03. The molecule has 0 atom stereocenters. The van der Waals surface area contributed by atoms with Crippen LogP contribution in [0, 0.1) is 0 Å². The molecule has 0 aliphatic heterocycles. The molecule has 7 nitrogen and oxygen atoms in total. The third-order valence-corrected chi connectivity index (χ3v) is 4.17. The standard InChI is InChI=1S/C15H12N6OS/c1-23-15-19-5-2-8(20-15)11-9-3-6-18-14(16)21(9)13-12(11)10(22)4-7-17-13/h2-7H,1H3,(H2,16,18)(H,17,22). The van der Waals surface area contributed by atoms with Gasteiger partial charge in [0.05, 0.1) is 16.6 Å². The Bertz CT molecular complexity index is 1040. The average molecular weight is 324 g/mol. The van der Waals surface area contributed by atoms with Crippen molar-refractivity contribution in [1.82, 2.24) is 24.3 Å². The number of rotatable bonds is 2. The van der Waals surface area contributed by atoms with Gasteiger partial charge in [0.1, 0.15) is 5.75 Å². The number of fused-ring (bicyclic) bond motifs is 3. The van der Waals surface area contributed by atoms with Gasteiger partial charge in [-0.15, -0.1) is 0 Å². The fourth-order valence-corrected chi connectivity index (χ4v) is 3.03. The highest BCUT2D eigenvalue weighted by Crippen LogP contribution is 2.39. The number of nitrogen functional groups attached to an aromatic ring is 1. The Balaban J connectivity index is 2.21. The zero-order valence-corrected chi connectivity index (χ0v) is 12.9. The van der Waals surface area contributed by atoms with Crippen molar-refractivity contribution in [2.24, 2.45) is 0 Å². The van der Waals surface area contributed by atoms with Gasteiger partial charge >= 0.3 is 0 Å². The smallest absolute Gasteiger partial charge is 0.206 e. The van der Waals surface area contributed by atoms with E-state index in [9.17, 15) is 5.11 Å². The normalized spacial score (nSPS) is 11.3. The van der Waals surface area contributed by atoms with Gasteiger partial charge in [0.2, 0.25) is 5.95 Å². The van der Waals surface area contributed by atoms with E-state index in [1.807, 2.05) is 12.3 Å². The molecule has 0 unspecified atom stereocenters. The second-order valence-corrected chi connectivity index (χ2v) is 5.63. The van der Waals surface area contributed by atoms with Crippen LogP contribution in [0.1, 0.15) is 0 Å². The summed E-state index contributed by atoms with van der Waals surface area (Å²) in [4.78, 5) is 17.2. The summed E-state index contributed by atoms with van der Waals surface area (Å²) in [6.07, 6.45) is 6.77. The van der Waals surface area contributed by atoms with E-state index in [0.717, 1.165) is 11.1 Å². The molecule has 0 aliphatic carbocycles. The van der Waals surface area contributed by atoms with Crippen molar-refractivity contribution in [1.29, 1.82) is 0 Å². The molecule has 0 spiro atoms. The summed E-state index contributed by atoms with van der Waals surface area (Å²) in [5, 5.41) is 11.6. The molecule has 4 rings (SSSR count). The maximum absolute atomic E-state index is 10.4. The summed E-state index contributed by atoms with van der Waals surface area (Å²) in [5.74, 6) is 0.424. The molecule has 0 radical (unpaired) electrons. The number of nitrogens with zero attached hydrogens (tertiary/aromatic N) is 5. The van der Waals surface area contributed by atoms with E-state index >= 15 is 0 Å². The molecule has 4 aromatic rings. The lowest BCUT2D eigenvalue weighted by molar-refractivity contribution is 0.481. The van der Waals surface area contributed by atoms with Gasteiger partial charge in [-0.05, 0) is 24.5 Å². The predicted molar refractivity (Wildman–Crippen MR) is 89.4 cm³/mol. The number of anilines is 1. The van der Waals surface area contributed by atoms with Crippen LogP contribution in [-0.2, 0) is 0 Å². The highest BCUT2D eigenvalue weighted by Gasteiger charge is 2.20. The number of aromatic hydroxyl groups is 1. The highest BCUT2D eigenvalue weighted by atomic mass is 32.2. The fraction of sp³-hybridized carbons (Fsp3) is 0.0667. The number of hydrogen-bond acceptors (Lipinski definition) is 7. The van der Waals surface area contributed by atoms with E-state index in [-0.39, 0.29) is 5.75 Å². The van der Waals surface area contributed by atoms with Gasteiger partial charge in [-0.2, -0.15) is 0 Å². The zero-order valence-electron chi connectivity index (χ0n) is 12.1. The maximum Gasteiger partial charge on any atom is 0.206 e. The maximum atomic E-state index is 10.4. The number of nitrogens with two attached hydrogens (primary N) is 1. The predicted octanol–water partition coefficient (Wildman–Crippen LogP) is 2.35. The van der Waals surface area contributed by atoms with Gasteiger partial charge < -0.3 is 10.8 Å². The molecule has 0 aliphatic rings. The second kappa shape index (κ2) is 5.10. The van der Waals surface area contributed by atoms with Crippen molar-refractivity contribution in [3.8, 4) is 17.0 Å². The monoisotopic (exact) mass is 324 g/mol. The van der Waals surface area contributed by atoms with Gasteiger partial charge in [0.15, 0.2) is 10.8 Å². The Labute approximate surface area is 135 Å². The first-order valence-corrected chi connectivity index (χ1v) is 8.03. The summed E-state index contributed by atoms with van der Waals surface area (Å²) in [7, 11) is 0. The van der Waals surface area contributed by atoms with Crippen LogP contribution < -0.4 is 5.73 Å². The van der Waals surface area contributed by atoms with Crippen molar-refractivity contribution in [3.05, 3.63) is 36.8 Å². The Hall–Kier alpha value is -2.87. The van der Waals surface area contributed by atoms with E-state index in [1.54, 1.807) is 28.9 Å². The van der Waals surface area contributed by atoms with Gasteiger partial charge in [0.25, 0.3) is 0 Å². The van der Waals surface area contributed by atoms with Crippen molar-refractivity contribution < 1.29 is 5.11 Å². The van der Waals surface area contributed by atoms with Crippen molar-refractivity contribution in [2.45, 2.75) is 5.16 Å². The molecular formula is C15H12N6OS. The van der Waals surface area contributed by atoms with E-state index in [4.69, 9.17) is 5.73 Å². The lowest BCUT2D eigenvalue weighted by Crippen LogP contribution is -1.99. The van der Waals surface area contributed by atoms with Gasteiger partial charge in [0, 0.05) is 24.2 Å². The largest absolute Gasteiger partial charge is 0.507 e. The Morgan fingerprint density at radius 2 is 1.87 bits per heavy atom. The van der Waals surface area contributed by atoms with Gasteiger partial charge in [-0.3, -0.25) is 4.40 Å². The Kier molecular flexibility index (Phi) is 3.05. The van der Waals surface area contributed by atoms with E-state index in [2.05, 4.69) is 19.9 Å². The number of hydrogen-bond donors (Lipinski definition) is 2. The summed E-state index contributed by atoms with van der Waals surface area (Å²) in [6, 6.07) is 5.18. The van der Waals surface area contributed by atoms with Crippen molar-refractivity contribution >= 4 is 34.3 Å². The van der Waals surface area contributed by atoms with Crippen LogP contribution in [0.4, 0.5) is 5.95 Å². The first-order valence-electron chi connectivity index (χ1n) is 6.80. The molecule has 0 bridgehead atoms. The van der Waals surface area contributed by atoms with Crippen LogP contribution in [0.5, 0.6) is 5.75 Å². The van der Waals surface area contributed by atoms with E-state index < -0.39 is 0 Å². The zero-order chi connectivity index (χ0) is 16.0. The van der Waals surface area contributed by atoms with E-state index in [0.29, 0.717) is 27.8 Å². The molecule has 0 saturated carbocycles. The molecule has 4 heterocycles. The minimum atomic E-state index is 0.123. The van der Waals surface area contributed by atoms with Crippen LogP contribution in [-0.4, -0.2) is 35.7 Å². The third kappa shape index (κ3) is 1.99. The average Bonchev–Trinajstić information content (AvgIpc) is 2.92. The minimum Gasteiger partial charge on any atom is -0.507 e. The number of thioether (sulfide) groups is 1. The molecule has 3 N–H and O–H groups in total. The minimum absolute atomic E-state index is 0.123. The number of aromatic nitrogens is 5. The Morgan fingerprint density at radius 3 is 2.70 bits per heavy atom.